The number of halogens is 1. The minimum atomic E-state index is -0.293. The Hall–Kier alpha value is -1.26. The van der Waals surface area contributed by atoms with Gasteiger partial charge in [-0.3, -0.25) is 4.68 Å². The van der Waals surface area contributed by atoms with Gasteiger partial charge in [0.05, 0.1) is 35.5 Å². The summed E-state index contributed by atoms with van der Waals surface area (Å²) in [5, 5.41) is 4.73. The first-order chi connectivity index (χ1) is 7.24. The van der Waals surface area contributed by atoms with Gasteiger partial charge < -0.3 is 10.2 Å². The normalized spacial score (nSPS) is 13.0. The number of nitrogens with zero attached hydrogens (tertiary/aromatic N) is 2. The van der Waals surface area contributed by atoms with E-state index in [4.69, 9.17) is 21.8 Å². The molecule has 2 heterocycles. The molecule has 15 heavy (non-hydrogen) atoms. The van der Waals surface area contributed by atoms with Crippen molar-refractivity contribution in [3.8, 4) is 0 Å². The summed E-state index contributed by atoms with van der Waals surface area (Å²) < 4.78 is 6.79. The molecule has 2 N–H and O–H groups in total. The highest BCUT2D eigenvalue weighted by atomic mass is 35.5. The lowest BCUT2D eigenvalue weighted by Gasteiger charge is -2.12. The van der Waals surface area contributed by atoms with Crippen molar-refractivity contribution in [1.29, 1.82) is 0 Å². The van der Waals surface area contributed by atoms with Crippen LogP contribution in [0.4, 0.5) is 0 Å². The highest BCUT2D eigenvalue weighted by molar-refractivity contribution is 6.31. The molecule has 1 atom stereocenters. The van der Waals surface area contributed by atoms with Crippen molar-refractivity contribution < 1.29 is 4.42 Å². The summed E-state index contributed by atoms with van der Waals surface area (Å²) in [7, 11) is 0. The Balaban J connectivity index is 2.40. The van der Waals surface area contributed by atoms with Gasteiger partial charge in [0.25, 0.3) is 0 Å². The SMILES string of the molecule is CCn1ncc(Cl)c1C(N)c1ccoc1. The molecule has 0 amide bonds. The van der Waals surface area contributed by atoms with E-state index in [2.05, 4.69) is 5.10 Å². The van der Waals surface area contributed by atoms with Crippen LogP contribution in [0.5, 0.6) is 0 Å². The van der Waals surface area contributed by atoms with E-state index in [1.54, 1.807) is 23.4 Å². The Morgan fingerprint density at radius 2 is 2.47 bits per heavy atom. The van der Waals surface area contributed by atoms with Crippen molar-refractivity contribution in [2.24, 2.45) is 5.73 Å². The molecule has 0 aliphatic heterocycles. The van der Waals surface area contributed by atoms with Crippen LogP contribution in [0.15, 0.2) is 29.2 Å². The van der Waals surface area contributed by atoms with Gasteiger partial charge in [-0.25, -0.2) is 0 Å². The number of aryl methyl sites for hydroxylation is 1. The van der Waals surface area contributed by atoms with E-state index in [0.717, 1.165) is 17.8 Å². The van der Waals surface area contributed by atoms with E-state index in [-0.39, 0.29) is 6.04 Å². The van der Waals surface area contributed by atoms with Crippen LogP contribution in [0.1, 0.15) is 24.2 Å². The number of aromatic nitrogens is 2. The highest BCUT2D eigenvalue weighted by Gasteiger charge is 2.18. The smallest absolute Gasteiger partial charge is 0.0954 e. The van der Waals surface area contributed by atoms with Crippen LogP contribution >= 0.6 is 11.6 Å². The quantitative estimate of drug-likeness (QED) is 0.871. The van der Waals surface area contributed by atoms with Crippen LogP contribution in [0.25, 0.3) is 0 Å². The van der Waals surface area contributed by atoms with Crippen LogP contribution in [-0.4, -0.2) is 9.78 Å². The second-order valence-corrected chi connectivity index (χ2v) is 3.64. The van der Waals surface area contributed by atoms with Crippen molar-refractivity contribution >= 4 is 11.6 Å². The molecule has 4 nitrogen and oxygen atoms in total. The van der Waals surface area contributed by atoms with Gasteiger partial charge in [-0.1, -0.05) is 11.6 Å². The van der Waals surface area contributed by atoms with Gasteiger partial charge in [0.2, 0.25) is 0 Å². The Kier molecular flexibility index (Phi) is 2.79. The second-order valence-electron chi connectivity index (χ2n) is 3.23. The zero-order valence-electron chi connectivity index (χ0n) is 8.35. The average molecular weight is 226 g/mol. The van der Waals surface area contributed by atoms with Gasteiger partial charge in [-0.05, 0) is 13.0 Å². The second kappa shape index (κ2) is 4.08. The monoisotopic (exact) mass is 225 g/mol. The number of furan rings is 1. The Morgan fingerprint density at radius 1 is 1.67 bits per heavy atom. The summed E-state index contributed by atoms with van der Waals surface area (Å²) in [4.78, 5) is 0. The summed E-state index contributed by atoms with van der Waals surface area (Å²) in [6.45, 7) is 2.74. The van der Waals surface area contributed by atoms with E-state index < -0.39 is 0 Å². The fourth-order valence-corrected chi connectivity index (χ4v) is 1.80. The summed E-state index contributed by atoms with van der Waals surface area (Å²) in [6, 6.07) is 1.53. The molecule has 0 aromatic carbocycles. The molecule has 1 unspecified atom stereocenters. The minimum Gasteiger partial charge on any atom is -0.472 e. The number of hydrogen-bond donors (Lipinski definition) is 1. The molecule has 0 saturated heterocycles. The first-order valence-electron chi connectivity index (χ1n) is 4.73. The molecule has 2 rings (SSSR count). The third kappa shape index (κ3) is 1.78. The molecule has 0 spiro atoms. The van der Waals surface area contributed by atoms with Crippen LogP contribution in [0.2, 0.25) is 5.02 Å². The van der Waals surface area contributed by atoms with Gasteiger partial charge in [0.1, 0.15) is 0 Å². The predicted molar refractivity (Wildman–Crippen MR) is 57.6 cm³/mol. The van der Waals surface area contributed by atoms with E-state index in [9.17, 15) is 0 Å². The van der Waals surface area contributed by atoms with Gasteiger partial charge in [0.15, 0.2) is 0 Å². The molecule has 0 saturated carbocycles. The molecule has 0 radical (unpaired) electrons. The molecule has 2 aromatic heterocycles. The van der Waals surface area contributed by atoms with E-state index >= 15 is 0 Å². The molecule has 0 aliphatic carbocycles. The Labute approximate surface area is 92.6 Å². The standard InChI is InChI=1S/C10H12ClN3O/c1-2-14-10(8(11)5-13-14)9(12)7-3-4-15-6-7/h3-6,9H,2,12H2,1H3. The molecule has 0 aliphatic rings. The first-order valence-corrected chi connectivity index (χ1v) is 5.10. The lowest BCUT2D eigenvalue weighted by Crippen LogP contribution is -2.17. The summed E-state index contributed by atoms with van der Waals surface area (Å²) in [6.07, 6.45) is 4.82. The zero-order valence-corrected chi connectivity index (χ0v) is 9.11. The minimum absolute atomic E-state index is 0.293. The molecule has 0 fully saturated rings. The van der Waals surface area contributed by atoms with E-state index in [0.29, 0.717) is 5.02 Å². The largest absolute Gasteiger partial charge is 0.472 e. The van der Waals surface area contributed by atoms with Crippen molar-refractivity contribution in [1.82, 2.24) is 9.78 Å². The van der Waals surface area contributed by atoms with Gasteiger partial charge in [0, 0.05) is 12.1 Å². The van der Waals surface area contributed by atoms with Crippen molar-refractivity contribution in [3.63, 3.8) is 0 Å². The van der Waals surface area contributed by atoms with Crippen LogP contribution < -0.4 is 5.73 Å². The fraction of sp³-hybridized carbons (Fsp3) is 0.300. The van der Waals surface area contributed by atoms with Crippen molar-refractivity contribution in [2.45, 2.75) is 19.5 Å². The van der Waals surface area contributed by atoms with Crippen molar-refractivity contribution in [3.05, 3.63) is 41.1 Å². The summed E-state index contributed by atoms with van der Waals surface area (Å²) >= 11 is 6.04. The van der Waals surface area contributed by atoms with E-state index in [1.165, 1.54) is 0 Å². The van der Waals surface area contributed by atoms with Gasteiger partial charge in [-0.15, -0.1) is 0 Å². The molecular weight excluding hydrogens is 214 g/mol. The van der Waals surface area contributed by atoms with Crippen LogP contribution in [0, 0.1) is 0 Å². The highest BCUT2D eigenvalue weighted by Crippen LogP contribution is 2.26. The lowest BCUT2D eigenvalue weighted by atomic mass is 10.1. The average Bonchev–Trinajstić information content (AvgIpc) is 2.85. The zero-order chi connectivity index (χ0) is 10.8. The maximum atomic E-state index is 6.08. The molecular formula is C10H12ClN3O. The Morgan fingerprint density at radius 3 is 3.07 bits per heavy atom. The predicted octanol–water partition coefficient (Wildman–Crippen LogP) is 2.20. The third-order valence-electron chi connectivity index (χ3n) is 2.33. The van der Waals surface area contributed by atoms with Crippen LogP contribution in [0.3, 0.4) is 0 Å². The van der Waals surface area contributed by atoms with Gasteiger partial charge in [-0.2, -0.15) is 5.10 Å². The van der Waals surface area contributed by atoms with E-state index in [1.807, 2.05) is 13.0 Å². The molecule has 80 valence electrons. The van der Waals surface area contributed by atoms with Crippen LogP contribution in [-0.2, 0) is 6.54 Å². The summed E-state index contributed by atoms with van der Waals surface area (Å²) in [5.41, 5.74) is 7.79. The third-order valence-corrected chi connectivity index (χ3v) is 2.62. The lowest BCUT2D eigenvalue weighted by molar-refractivity contribution is 0.556. The maximum Gasteiger partial charge on any atom is 0.0954 e. The molecule has 0 bridgehead atoms. The number of hydrogen-bond acceptors (Lipinski definition) is 3. The summed E-state index contributed by atoms with van der Waals surface area (Å²) in [5.74, 6) is 0. The Bertz CT molecular complexity index is 435. The van der Waals surface area contributed by atoms with Gasteiger partial charge >= 0.3 is 0 Å². The maximum absolute atomic E-state index is 6.08. The van der Waals surface area contributed by atoms with Crippen molar-refractivity contribution in [2.75, 3.05) is 0 Å². The number of rotatable bonds is 3. The molecule has 5 heteroatoms. The first kappa shape index (κ1) is 10.3. The number of nitrogens with two attached hydrogens (primary N) is 1. The fourth-order valence-electron chi connectivity index (χ4n) is 1.54. The molecule has 2 aromatic rings. The topological polar surface area (TPSA) is 57.0 Å².